The Morgan fingerprint density at radius 3 is 2.19 bits per heavy atom. The van der Waals surface area contributed by atoms with Crippen LogP contribution in [0.3, 0.4) is 0 Å². The molecule has 1 fully saturated rings. The van der Waals surface area contributed by atoms with Gasteiger partial charge in [0.15, 0.2) is 11.5 Å². The van der Waals surface area contributed by atoms with E-state index in [4.69, 9.17) is 14.2 Å². The van der Waals surface area contributed by atoms with Gasteiger partial charge in [0.2, 0.25) is 5.91 Å². The smallest absolute Gasteiger partial charge is 0.409 e. The number of likely N-dealkylation sites (N-methyl/N-ethyl adjacent to an activating group) is 1. The van der Waals surface area contributed by atoms with Crippen LogP contribution >= 0.6 is 0 Å². The summed E-state index contributed by atoms with van der Waals surface area (Å²) in [4.78, 5) is 44.2. The number of carbonyl (C=O) groups is 3. The molecule has 0 bridgehead atoms. The quantitative estimate of drug-likeness (QED) is 0.629. The van der Waals surface area contributed by atoms with Gasteiger partial charge in [-0.15, -0.1) is 0 Å². The number of halogens is 1. The minimum Gasteiger partial charge on any atom is -0.493 e. The van der Waals surface area contributed by atoms with Crippen LogP contribution in [0.2, 0.25) is 0 Å². The van der Waals surface area contributed by atoms with Gasteiger partial charge in [0.1, 0.15) is 5.82 Å². The van der Waals surface area contributed by atoms with Gasteiger partial charge in [-0.05, 0) is 30.7 Å². The third-order valence-corrected chi connectivity index (χ3v) is 6.78. The second-order valence-electron chi connectivity index (χ2n) is 8.67. The molecule has 9 nitrogen and oxygen atoms in total. The van der Waals surface area contributed by atoms with Crippen molar-refractivity contribution in [1.82, 2.24) is 14.7 Å². The van der Waals surface area contributed by atoms with Crippen LogP contribution < -0.4 is 9.47 Å². The van der Waals surface area contributed by atoms with Gasteiger partial charge in [-0.2, -0.15) is 0 Å². The van der Waals surface area contributed by atoms with Gasteiger partial charge >= 0.3 is 6.09 Å². The minimum absolute atomic E-state index is 0.247. The van der Waals surface area contributed by atoms with E-state index in [0.717, 1.165) is 0 Å². The number of carbonyl (C=O) groups excluding carboxylic acids is 3. The molecule has 192 valence electrons. The van der Waals surface area contributed by atoms with Crippen LogP contribution in [0.5, 0.6) is 11.5 Å². The van der Waals surface area contributed by atoms with Crippen LogP contribution in [-0.2, 0) is 9.53 Å². The molecule has 2 aromatic rings. The van der Waals surface area contributed by atoms with Crippen molar-refractivity contribution in [2.75, 3.05) is 54.1 Å². The number of piperazine rings is 1. The fraction of sp³-hybridized carbons (Fsp3) is 0.423. The summed E-state index contributed by atoms with van der Waals surface area (Å²) in [6.45, 7) is 3.22. The summed E-state index contributed by atoms with van der Waals surface area (Å²) in [7, 11) is 4.51. The molecule has 0 radical (unpaired) electrons. The lowest BCUT2D eigenvalue weighted by molar-refractivity contribution is -0.136. The topological polar surface area (TPSA) is 88.6 Å². The van der Waals surface area contributed by atoms with Gasteiger partial charge in [-0.25, -0.2) is 9.18 Å². The maximum Gasteiger partial charge on any atom is 0.409 e. The first kappa shape index (κ1) is 25.3. The van der Waals surface area contributed by atoms with E-state index in [1.807, 2.05) is 0 Å². The summed E-state index contributed by atoms with van der Waals surface area (Å²) in [6.07, 6.45) is -0.418. The second kappa shape index (κ2) is 10.4. The SMILES string of the molecule is CCOC(=O)N1CCN(C(=O)[C@H]2c3cc(OC)c(OC)cc3C(=O)N(C)[C@H]2c2ccccc2F)CC1. The molecular weight excluding hydrogens is 469 g/mol. The molecule has 0 saturated carbocycles. The first-order valence-electron chi connectivity index (χ1n) is 11.8. The lowest BCUT2D eigenvalue weighted by atomic mass is 9.78. The van der Waals surface area contributed by atoms with Crippen LogP contribution in [0.4, 0.5) is 9.18 Å². The van der Waals surface area contributed by atoms with Gasteiger partial charge in [0, 0.05) is 44.4 Å². The van der Waals surface area contributed by atoms with Crippen LogP contribution in [0, 0.1) is 5.82 Å². The number of ether oxygens (including phenoxy) is 3. The molecular formula is C26H30FN3O6. The molecule has 4 rings (SSSR count). The summed E-state index contributed by atoms with van der Waals surface area (Å²) < 4.78 is 31.0. The Bertz CT molecular complexity index is 1160. The van der Waals surface area contributed by atoms with E-state index in [1.165, 1.54) is 25.2 Å². The Morgan fingerprint density at radius 1 is 0.972 bits per heavy atom. The van der Waals surface area contributed by atoms with Crippen molar-refractivity contribution in [1.29, 1.82) is 0 Å². The highest BCUT2D eigenvalue weighted by Crippen LogP contribution is 2.46. The Morgan fingerprint density at radius 2 is 1.58 bits per heavy atom. The first-order chi connectivity index (χ1) is 17.3. The van der Waals surface area contributed by atoms with Crippen molar-refractivity contribution in [3.05, 3.63) is 58.9 Å². The molecule has 0 aliphatic carbocycles. The minimum atomic E-state index is -0.895. The van der Waals surface area contributed by atoms with E-state index in [0.29, 0.717) is 48.8 Å². The van der Waals surface area contributed by atoms with Gasteiger partial charge in [-0.1, -0.05) is 18.2 Å². The van der Waals surface area contributed by atoms with E-state index in [2.05, 4.69) is 0 Å². The van der Waals surface area contributed by atoms with Crippen LogP contribution in [0.1, 0.15) is 40.4 Å². The Balaban J connectivity index is 1.77. The lowest BCUT2D eigenvalue weighted by Crippen LogP contribution is -2.54. The van der Waals surface area contributed by atoms with Crippen molar-refractivity contribution in [2.45, 2.75) is 18.9 Å². The number of hydrogen-bond donors (Lipinski definition) is 0. The average Bonchev–Trinajstić information content (AvgIpc) is 2.90. The summed E-state index contributed by atoms with van der Waals surface area (Å²) >= 11 is 0. The Labute approximate surface area is 209 Å². The highest BCUT2D eigenvalue weighted by atomic mass is 19.1. The molecule has 2 aromatic carbocycles. The van der Waals surface area contributed by atoms with Gasteiger partial charge in [0.05, 0.1) is 32.8 Å². The van der Waals surface area contributed by atoms with Gasteiger partial charge in [0.25, 0.3) is 5.91 Å². The highest BCUT2D eigenvalue weighted by molar-refractivity contribution is 6.02. The molecule has 10 heteroatoms. The number of nitrogens with zero attached hydrogens (tertiary/aromatic N) is 3. The predicted octanol–water partition coefficient (Wildman–Crippen LogP) is 3.05. The fourth-order valence-electron chi connectivity index (χ4n) is 4.94. The standard InChI is InChI=1S/C26H30FN3O6/c1-5-36-26(33)30-12-10-29(11-13-30)25(32)22-17-14-20(34-3)21(35-4)15-18(17)24(31)28(2)23(22)16-8-6-7-9-19(16)27/h6-9,14-15,22-23H,5,10-13H2,1-4H3/t22-,23-/m0/s1. The average molecular weight is 500 g/mol. The van der Waals surface area contributed by atoms with Crippen molar-refractivity contribution in [3.8, 4) is 11.5 Å². The van der Waals surface area contributed by atoms with Crippen LogP contribution in [-0.4, -0.2) is 86.7 Å². The normalized spacial score (nSPS) is 19.6. The van der Waals surface area contributed by atoms with E-state index in [9.17, 15) is 14.4 Å². The van der Waals surface area contributed by atoms with E-state index in [-0.39, 0.29) is 24.0 Å². The third-order valence-electron chi connectivity index (χ3n) is 6.78. The zero-order valence-corrected chi connectivity index (χ0v) is 20.8. The molecule has 36 heavy (non-hydrogen) atoms. The molecule has 3 amide bonds. The molecule has 0 spiro atoms. The zero-order chi connectivity index (χ0) is 26.0. The van der Waals surface area contributed by atoms with Gasteiger partial charge < -0.3 is 28.9 Å². The fourth-order valence-corrected chi connectivity index (χ4v) is 4.94. The van der Waals surface area contributed by atoms with Crippen LogP contribution in [0.15, 0.2) is 36.4 Å². The van der Waals surface area contributed by atoms with Crippen LogP contribution in [0.25, 0.3) is 0 Å². The summed E-state index contributed by atoms with van der Waals surface area (Å²) in [6, 6.07) is 8.47. The zero-order valence-electron chi connectivity index (χ0n) is 20.8. The second-order valence-corrected chi connectivity index (χ2v) is 8.67. The lowest BCUT2D eigenvalue weighted by Gasteiger charge is -2.43. The molecule has 2 heterocycles. The monoisotopic (exact) mass is 499 g/mol. The number of methoxy groups -OCH3 is 2. The molecule has 2 aliphatic heterocycles. The van der Waals surface area contributed by atoms with E-state index >= 15 is 4.39 Å². The number of hydrogen-bond acceptors (Lipinski definition) is 6. The molecule has 0 N–H and O–H groups in total. The maximum absolute atomic E-state index is 15.0. The third kappa shape index (κ3) is 4.43. The molecule has 2 atom stereocenters. The number of amides is 3. The van der Waals surface area contributed by atoms with Gasteiger partial charge in [-0.3, -0.25) is 9.59 Å². The van der Waals surface area contributed by atoms with E-state index in [1.54, 1.807) is 54.1 Å². The molecule has 0 aromatic heterocycles. The number of benzene rings is 2. The Kier molecular flexibility index (Phi) is 7.32. The largest absolute Gasteiger partial charge is 0.493 e. The number of rotatable bonds is 5. The predicted molar refractivity (Wildman–Crippen MR) is 129 cm³/mol. The molecule has 1 saturated heterocycles. The van der Waals surface area contributed by atoms with Crippen molar-refractivity contribution >= 4 is 17.9 Å². The van der Waals surface area contributed by atoms with E-state index < -0.39 is 23.9 Å². The first-order valence-corrected chi connectivity index (χ1v) is 11.8. The maximum atomic E-state index is 15.0. The van der Waals surface area contributed by atoms with Crippen molar-refractivity contribution in [2.24, 2.45) is 0 Å². The summed E-state index contributed by atoms with van der Waals surface area (Å²) in [5.41, 5.74) is 0.991. The van der Waals surface area contributed by atoms with Crippen molar-refractivity contribution in [3.63, 3.8) is 0 Å². The summed E-state index contributed by atoms with van der Waals surface area (Å²) in [5.74, 6) is -1.29. The highest BCUT2D eigenvalue weighted by Gasteiger charge is 2.46. The van der Waals surface area contributed by atoms with Crippen molar-refractivity contribution < 1.29 is 33.0 Å². The molecule has 2 aliphatic rings. The molecule has 0 unspecified atom stereocenters. The number of fused-ring (bicyclic) bond motifs is 1. The Hall–Kier alpha value is -3.82. The summed E-state index contributed by atoms with van der Waals surface area (Å²) in [5, 5.41) is 0.